The third-order valence-electron chi connectivity index (χ3n) is 4.97. The first-order chi connectivity index (χ1) is 13.1. The van der Waals surface area contributed by atoms with E-state index in [9.17, 15) is 4.39 Å². The van der Waals surface area contributed by atoms with Crippen molar-refractivity contribution in [3.63, 3.8) is 0 Å². The predicted molar refractivity (Wildman–Crippen MR) is 106 cm³/mol. The van der Waals surface area contributed by atoms with Gasteiger partial charge in [0, 0.05) is 35.8 Å². The molecule has 0 saturated carbocycles. The van der Waals surface area contributed by atoms with Gasteiger partial charge in [0.1, 0.15) is 11.5 Å². The summed E-state index contributed by atoms with van der Waals surface area (Å²) in [4.78, 5) is 8.63. The average molecular weight is 360 g/mol. The van der Waals surface area contributed by atoms with Gasteiger partial charge in [-0.1, -0.05) is 12.7 Å². The van der Waals surface area contributed by atoms with E-state index in [4.69, 9.17) is 5.10 Å². The van der Waals surface area contributed by atoms with Gasteiger partial charge in [-0.15, -0.1) is 0 Å². The molecular formula is C22H21FN4. The van der Waals surface area contributed by atoms with Crippen LogP contribution in [0.5, 0.6) is 0 Å². The molecule has 0 atom stereocenters. The lowest BCUT2D eigenvalue weighted by molar-refractivity contribution is 0.618. The number of benzene rings is 1. The van der Waals surface area contributed by atoms with Crippen LogP contribution in [-0.4, -0.2) is 19.7 Å². The van der Waals surface area contributed by atoms with Crippen molar-refractivity contribution in [1.29, 1.82) is 0 Å². The van der Waals surface area contributed by atoms with E-state index in [0.29, 0.717) is 10.9 Å². The van der Waals surface area contributed by atoms with Crippen LogP contribution < -0.4 is 10.7 Å². The minimum atomic E-state index is -0.203. The molecule has 0 bridgehead atoms. The van der Waals surface area contributed by atoms with E-state index >= 15 is 0 Å². The molecule has 0 amide bonds. The van der Waals surface area contributed by atoms with Gasteiger partial charge >= 0.3 is 0 Å². The molecule has 1 aromatic carbocycles. The molecule has 5 heteroatoms. The van der Waals surface area contributed by atoms with Gasteiger partial charge in [-0.2, -0.15) is 5.10 Å². The summed E-state index contributed by atoms with van der Waals surface area (Å²) < 4.78 is 15.8. The Morgan fingerprint density at radius 2 is 2.07 bits per heavy atom. The zero-order valence-corrected chi connectivity index (χ0v) is 15.5. The van der Waals surface area contributed by atoms with E-state index in [2.05, 4.69) is 27.3 Å². The molecule has 2 aromatic heterocycles. The highest BCUT2D eigenvalue weighted by Gasteiger charge is 2.24. The van der Waals surface area contributed by atoms with Crippen molar-refractivity contribution >= 4 is 18.2 Å². The summed E-state index contributed by atoms with van der Waals surface area (Å²) in [6, 6.07) is 5.17. The van der Waals surface area contributed by atoms with Crippen molar-refractivity contribution in [1.82, 2.24) is 19.7 Å². The Hall–Kier alpha value is -3.08. The molecule has 1 aliphatic rings. The number of halogens is 1. The van der Waals surface area contributed by atoms with Crippen molar-refractivity contribution in [2.24, 2.45) is 0 Å². The normalized spacial score (nSPS) is 14.6. The van der Waals surface area contributed by atoms with E-state index in [-0.39, 0.29) is 5.82 Å². The number of hydrogen-bond donors (Lipinski definition) is 0. The number of hydrogen-bond acceptors (Lipinski definition) is 3. The van der Waals surface area contributed by atoms with Gasteiger partial charge < -0.3 is 0 Å². The largest absolute Gasteiger partial charge is 0.268 e. The van der Waals surface area contributed by atoms with Crippen molar-refractivity contribution in [3.8, 4) is 11.3 Å². The molecule has 0 aliphatic carbocycles. The minimum absolute atomic E-state index is 0.203. The van der Waals surface area contributed by atoms with Crippen LogP contribution in [0, 0.1) is 12.7 Å². The van der Waals surface area contributed by atoms with Crippen molar-refractivity contribution in [2.75, 3.05) is 0 Å². The van der Waals surface area contributed by atoms with Gasteiger partial charge in [0.2, 0.25) is 0 Å². The maximum atomic E-state index is 13.8. The Kier molecular flexibility index (Phi) is 4.44. The van der Waals surface area contributed by atoms with Crippen molar-refractivity contribution < 1.29 is 4.39 Å². The highest BCUT2D eigenvalue weighted by Crippen LogP contribution is 2.35. The Morgan fingerprint density at radius 3 is 2.81 bits per heavy atom. The second-order valence-corrected chi connectivity index (χ2v) is 6.74. The van der Waals surface area contributed by atoms with Crippen LogP contribution in [-0.2, 0) is 13.0 Å². The molecule has 0 spiro atoms. The molecule has 0 saturated heterocycles. The van der Waals surface area contributed by atoms with E-state index in [1.807, 2.05) is 19.1 Å². The lowest BCUT2D eigenvalue weighted by atomic mass is 9.96. The van der Waals surface area contributed by atoms with E-state index in [1.54, 1.807) is 25.4 Å². The van der Waals surface area contributed by atoms with Gasteiger partial charge in [-0.3, -0.25) is 14.6 Å². The summed E-state index contributed by atoms with van der Waals surface area (Å²) in [5, 5.41) is 6.23. The quantitative estimate of drug-likeness (QED) is 0.721. The summed E-state index contributed by atoms with van der Waals surface area (Å²) >= 11 is 0. The highest BCUT2D eigenvalue weighted by atomic mass is 19.1. The lowest BCUT2D eigenvalue weighted by Gasteiger charge is -2.07. The number of rotatable bonds is 3. The monoisotopic (exact) mass is 360 g/mol. The maximum Gasteiger partial charge on any atom is 0.126 e. The number of aromatic nitrogens is 4. The van der Waals surface area contributed by atoms with Crippen LogP contribution in [0.2, 0.25) is 0 Å². The summed E-state index contributed by atoms with van der Waals surface area (Å²) in [7, 11) is 0. The summed E-state index contributed by atoms with van der Waals surface area (Å²) in [6.45, 7) is 8.66. The molecular weight excluding hydrogens is 339 g/mol. The predicted octanol–water partition coefficient (Wildman–Crippen LogP) is 3.03. The summed E-state index contributed by atoms with van der Waals surface area (Å²) in [5.74, 6) is -0.203. The summed E-state index contributed by atoms with van der Waals surface area (Å²) in [5.41, 5.74) is 5.75. The standard InChI is InChI=1S/C22H21FN4/c1-4-16(13-19-15(3)24-9-10-25-19)21-20-6-5-11-27(20)26-22(21)17-7-8-18(23)14(2)12-17/h4,7-10,12-13H,3,5-6,11H2,1-2H3/b16-4+,19-13+. The Labute approximate surface area is 157 Å². The summed E-state index contributed by atoms with van der Waals surface area (Å²) in [6.07, 6.45) is 9.43. The first-order valence-corrected chi connectivity index (χ1v) is 9.09. The SMILES string of the molecule is C=c1nccn/c1=C/C(=C\C)c1c(-c2ccc(F)c(C)c2)nn2c1CCC2. The Morgan fingerprint density at radius 1 is 1.26 bits per heavy atom. The fourth-order valence-corrected chi connectivity index (χ4v) is 3.57. The Bertz CT molecular complexity index is 1160. The van der Waals surface area contributed by atoms with Gasteiger partial charge in [-0.05, 0) is 62.1 Å². The molecule has 4 rings (SSSR count). The maximum absolute atomic E-state index is 13.8. The van der Waals surface area contributed by atoms with Gasteiger partial charge in [-0.25, -0.2) is 4.39 Å². The zero-order valence-electron chi connectivity index (χ0n) is 15.5. The first-order valence-electron chi connectivity index (χ1n) is 9.09. The van der Waals surface area contributed by atoms with Crippen LogP contribution in [0.25, 0.3) is 29.5 Å². The van der Waals surface area contributed by atoms with Crippen LogP contribution in [0.15, 0.2) is 36.7 Å². The lowest BCUT2D eigenvalue weighted by Crippen LogP contribution is -2.29. The number of aryl methyl sites for hydroxylation is 2. The average Bonchev–Trinajstić information content (AvgIpc) is 3.25. The third-order valence-corrected chi connectivity index (χ3v) is 4.97. The fraction of sp³-hybridized carbons (Fsp3) is 0.227. The number of fused-ring (bicyclic) bond motifs is 1. The molecule has 0 fully saturated rings. The molecule has 4 nitrogen and oxygen atoms in total. The first kappa shape index (κ1) is 17.3. The topological polar surface area (TPSA) is 43.6 Å². The van der Waals surface area contributed by atoms with Crippen LogP contribution >= 0.6 is 0 Å². The molecule has 1 aliphatic heterocycles. The molecule has 3 aromatic rings. The van der Waals surface area contributed by atoms with Crippen LogP contribution in [0.3, 0.4) is 0 Å². The smallest absolute Gasteiger partial charge is 0.126 e. The van der Waals surface area contributed by atoms with E-state index in [0.717, 1.165) is 47.1 Å². The molecule has 3 heterocycles. The van der Waals surface area contributed by atoms with E-state index < -0.39 is 0 Å². The minimum Gasteiger partial charge on any atom is -0.268 e. The van der Waals surface area contributed by atoms with Crippen LogP contribution in [0.1, 0.15) is 30.2 Å². The highest BCUT2D eigenvalue weighted by molar-refractivity contribution is 5.94. The van der Waals surface area contributed by atoms with E-state index in [1.165, 1.54) is 11.8 Å². The van der Waals surface area contributed by atoms with Gasteiger partial charge in [0.25, 0.3) is 0 Å². The number of nitrogens with zero attached hydrogens (tertiary/aromatic N) is 4. The molecule has 0 N–H and O–H groups in total. The zero-order chi connectivity index (χ0) is 19.0. The molecule has 0 unspecified atom stereocenters. The number of allylic oxidation sites excluding steroid dienone is 2. The van der Waals surface area contributed by atoms with Gasteiger partial charge in [0.05, 0.1) is 10.7 Å². The fourth-order valence-electron chi connectivity index (χ4n) is 3.57. The molecule has 136 valence electrons. The second-order valence-electron chi connectivity index (χ2n) is 6.74. The van der Waals surface area contributed by atoms with Crippen LogP contribution in [0.4, 0.5) is 4.39 Å². The molecule has 27 heavy (non-hydrogen) atoms. The van der Waals surface area contributed by atoms with Crippen molar-refractivity contribution in [2.45, 2.75) is 33.2 Å². The third kappa shape index (κ3) is 3.10. The molecule has 0 radical (unpaired) electrons. The van der Waals surface area contributed by atoms with Crippen molar-refractivity contribution in [3.05, 3.63) is 70.0 Å². The van der Waals surface area contributed by atoms with Gasteiger partial charge in [0.15, 0.2) is 0 Å². The Balaban J connectivity index is 1.94. The second kappa shape index (κ2) is 6.91.